The highest BCUT2D eigenvalue weighted by atomic mass is 79.9. The molecular weight excluding hydrogens is 520 g/mol. The van der Waals surface area contributed by atoms with E-state index in [9.17, 15) is 22.8 Å². The van der Waals surface area contributed by atoms with Gasteiger partial charge in [0.2, 0.25) is 0 Å². The summed E-state index contributed by atoms with van der Waals surface area (Å²) in [6.07, 6.45) is -3.64. The van der Waals surface area contributed by atoms with Gasteiger partial charge in [0.1, 0.15) is 11.6 Å². The van der Waals surface area contributed by atoms with Crippen molar-refractivity contribution in [2.24, 2.45) is 0 Å². The number of amides is 3. The van der Waals surface area contributed by atoms with E-state index in [0.29, 0.717) is 6.07 Å². The minimum atomic E-state index is -3.64. The zero-order chi connectivity index (χ0) is 20.2. The molecule has 0 aliphatic carbocycles. The SMILES string of the molecule is O=C(NC(=O)c1ccccc1Cl)Nc1ccc(OC(F)(F)C(Br)Br)cc1F. The summed E-state index contributed by atoms with van der Waals surface area (Å²) in [5.41, 5.74) is -0.288. The fourth-order valence-corrected chi connectivity index (χ4v) is 2.24. The van der Waals surface area contributed by atoms with Gasteiger partial charge in [-0.3, -0.25) is 10.1 Å². The van der Waals surface area contributed by atoms with Crippen molar-refractivity contribution in [3.63, 3.8) is 0 Å². The second kappa shape index (κ2) is 8.94. The topological polar surface area (TPSA) is 67.4 Å². The molecule has 2 aromatic rings. The van der Waals surface area contributed by atoms with Gasteiger partial charge in [-0.25, -0.2) is 9.18 Å². The molecule has 2 aromatic carbocycles. The summed E-state index contributed by atoms with van der Waals surface area (Å²) in [5, 5.41) is 4.20. The summed E-state index contributed by atoms with van der Waals surface area (Å²) >= 11 is 11.1. The quantitative estimate of drug-likeness (QED) is 0.500. The number of imide groups is 1. The molecule has 0 aliphatic rings. The number of benzene rings is 2. The van der Waals surface area contributed by atoms with E-state index < -0.39 is 33.4 Å². The molecule has 0 fully saturated rings. The van der Waals surface area contributed by atoms with Crippen LogP contribution in [0.4, 0.5) is 23.7 Å². The Labute approximate surface area is 173 Å². The molecule has 0 heterocycles. The summed E-state index contributed by atoms with van der Waals surface area (Å²) in [6, 6.07) is 7.71. The molecule has 27 heavy (non-hydrogen) atoms. The molecular formula is C16H10Br2ClF3N2O3. The van der Waals surface area contributed by atoms with Gasteiger partial charge in [-0.1, -0.05) is 55.6 Å². The lowest BCUT2D eigenvalue weighted by Gasteiger charge is -2.19. The second-order valence-corrected chi connectivity index (χ2v) is 8.46. The molecule has 3 amide bonds. The monoisotopic (exact) mass is 528 g/mol. The van der Waals surface area contributed by atoms with Crippen molar-refractivity contribution < 1.29 is 27.5 Å². The van der Waals surface area contributed by atoms with Crippen LogP contribution in [0.15, 0.2) is 42.5 Å². The summed E-state index contributed by atoms with van der Waals surface area (Å²) in [7, 11) is 0. The summed E-state index contributed by atoms with van der Waals surface area (Å²) in [4.78, 5) is 23.8. The average molecular weight is 531 g/mol. The van der Waals surface area contributed by atoms with E-state index in [2.05, 4.69) is 41.9 Å². The van der Waals surface area contributed by atoms with Gasteiger partial charge < -0.3 is 10.1 Å². The van der Waals surface area contributed by atoms with Gasteiger partial charge in [0.15, 0.2) is 3.74 Å². The number of carbonyl (C=O) groups excluding carboxylic acids is 2. The van der Waals surface area contributed by atoms with Crippen LogP contribution in [0, 0.1) is 5.82 Å². The van der Waals surface area contributed by atoms with Crippen LogP contribution in [0.1, 0.15) is 10.4 Å². The molecule has 0 radical (unpaired) electrons. The number of nitrogens with one attached hydrogen (secondary N) is 2. The van der Waals surface area contributed by atoms with Crippen molar-refractivity contribution in [1.29, 1.82) is 0 Å². The molecule has 0 unspecified atom stereocenters. The predicted molar refractivity (Wildman–Crippen MR) is 102 cm³/mol. The first kappa shape index (κ1) is 21.5. The van der Waals surface area contributed by atoms with Crippen LogP contribution < -0.4 is 15.4 Å². The van der Waals surface area contributed by atoms with Crippen molar-refractivity contribution in [1.82, 2.24) is 5.32 Å². The van der Waals surface area contributed by atoms with E-state index in [0.717, 1.165) is 12.1 Å². The van der Waals surface area contributed by atoms with Crippen LogP contribution in [0.25, 0.3) is 0 Å². The van der Waals surface area contributed by atoms with Crippen molar-refractivity contribution >= 4 is 61.1 Å². The number of alkyl halides is 4. The van der Waals surface area contributed by atoms with Crippen LogP contribution in [-0.4, -0.2) is 21.8 Å². The maximum absolute atomic E-state index is 14.0. The Morgan fingerprint density at radius 2 is 1.81 bits per heavy atom. The predicted octanol–water partition coefficient (Wildman–Crippen LogP) is 5.53. The molecule has 0 aliphatic heterocycles. The van der Waals surface area contributed by atoms with Crippen molar-refractivity contribution in [2.45, 2.75) is 9.85 Å². The van der Waals surface area contributed by atoms with Gasteiger partial charge in [0, 0.05) is 6.07 Å². The fraction of sp³-hybridized carbons (Fsp3) is 0.125. The zero-order valence-corrected chi connectivity index (χ0v) is 17.0. The van der Waals surface area contributed by atoms with Crippen LogP contribution in [-0.2, 0) is 0 Å². The van der Waals surface area contributed by atoms with E-state index in [4.69, 9.17) is 11.6 Å². The highest BCUT2D eigenvalue weighted by Gasteiger charge is 2.39. The first-order valence-electron chi connectivity index (χ1n) is 7.11. The van der Waals surface area contributed by atoms with Crippen molar-refractivity contribution in [3.05, 3.63) is 58.9 Å². The lowest BCUT2D eigenvalue weighted by Crippen LogP contribution is -2.34. The van der Waals surface area contributed by atoms with Crippen LogP contribution in [0.2, 0.25) is 5.02 Å². The molecule has 0 bridgehead atoms. The van der Waals surface area contributed by atoms with Gasteiger partial charge in [-0.15, -0.1) is 0 Å². The number of hydrogen-bond acceptors (Lipinski definition) is 3. The summed E-state index contributed by atoms with van der Waals surface area (Å²) in [6.45, 7) is 0. The van der Waals surface area contributed by atoms with E-state index >= 15 is 0 Å². The third-order valence-corrected chi connectivity index (χ3v) is 4.44. The highest BCUT2D eigenvalue weighted by Crippen LogP contribution is 2.33. The number of halogens is 6. The number of carbonyl (C=O) groups is 2. The zero-order valence-electron chi connectivity index (χ0n) is 13.1. The summed E-state index contributed by atoms with van der Waals surface area (Å²) < 4.78 is 43.8. The third-order valence-electron chi connectivity index (χ3n) is 3.04. The second-order valence-electron chi connectivity index (χ2n) is 4.99. The van der Waals surface area contributed by atoms with Gasteiger partial charge >= 0.3 is 12.1 Å². The molecule has 5 nitrogen and oxygen atoms in total. The Balaban J connectivity index is 2.04. The van der Waals surface area contributed by atoms with Crippen molar-refractivity contribution in [2.75, 3.05) is 5.32 Å². The van der Waals surface area contributed by atoms with Crippen molar-refractivity contribution in [3.8, 4) is 5.75 Å². The summed E-state index contributed by atoms with van der Waals surface area (Å²) in [5.74, 6) is -2.29. The van der Waals surface area contributed by atoms with E-state index in [1.165, 1.54) is 12.1 Å². The largest absolute Gasteiger partial charge is 0.431 e. The molecule has 0 aromatic heterocycles. The maximum Gasteiger partial charge on any atom is 0.420 e. The Bertz CT molecular complexity index is 869. The minimum absolute atomic E-state index is 0.0554. The van der Waals surface area contributed by atoms with E-state index in [-0.39, 0.29) is 16.3 Å². The van der Waals surface area contributed by atoms with Gasteiger partial charge in [-0.2, -0.15) is 8.78 Å². The number of rotatable bonds is 5. The Hall–Kier alpha value is -1.78. The first-order valence-corrected chi connectivity index (χ1v) is 9.32. The van der Waals surface area contributed by atoms with Gasteiger partial charge in [-0.05, 0) is 24.3 Å². The smallest absolute Gasteiger partial charge is 0.420 e. The first-order chi connectivity index (χ1) is 12.6. The lowest BCUT2D eigenvalue weighted by molar-refractivity contribution is -0.158. The number of ether oxygens (including phenoxy) is 1. The average Bonchev–Trinajstić information content (AvgIpc) is 2.57. The normalized spacial score (nSPS) is 11.2. The molecule has 144 valence electrons. The van der Waals surface area contributed by atoms with E-state index in [1.54, 1.807) is 12.1 Å². The Kier molecular flexibility index (Phi) is 7.12. The molecule has 0 saturated carbocycles. The molecule has 0 saturated heterocycles. The highest BCUT2D eigenvalue weighted by molar-refractivity contribution is 9.24. The number of hydrogen-bond donors (Lipinski definition) is 2. The standard InChI is InChI=1S/C16H10Br2ClF3N2O3/c17-14(18)16(21,22)27-8-5-6-12(11(20)7-8)23-15(26)24-13(25)9-3-1-2-4-10(9)19/h1-7,14H,(H2,23,24,25,26). The number of anilines is 1. The lowest BCUT2D eigenvalue weighted by atomic mass is 10.2. The van der Waals surface area contributed by atoms with Gasteiger partial charge in [0.25, 0.3) is 5.91 Å². The fourth-order valence-electron chi connectivity index (χ4n) is 1.83. The molecule has 2 rings (SSSR count). The maximum atomic E-state index is 14.0. The van der Waals surface area contributed by atoms with Crippen LogP contribution in [0.3, 0.4) is 0 Å². The molecule has 0 spiro atoms. The Morgan fingerprint density at radius 3 is 2.41 bits per heavy atom. The third kappa shape index (κ3) is 5.85. The van der Waals surface area contributed by atoms with Crippen LogP contribution in [0.5, 0.6) is 5.75 Å². The van der Waals surface area contributed by atoms with Gasteiger partial charge in [0.05, 0.1) is 16.3 Å². The Morgan fingerprint density at radius 1 is 1.15 bits per heavy atom. The molecule has 0 atom stereocenters. The van der Waals surface area contributed by atoms with E-state index in [1.807, 2.05) is 5.32 Å². The molecule has 2 N–H and O–H groups in total. The van der Waals surface area contributed by atoms with Crippen LogP contribution >= 0.6 is 43.5 Å². The minimum Gasteiger partial charge on any atom is -0.431 e. The number of urea groups is 1. The molecule has 11 heteroatoms.